The Morgan fingerprint density at radius 1 is 1.19 bits per heavy atom. The molecule has 0 fully saturated rings. The van der Waals surface area contributed by atoms with Crippen LogP contribution in [0.2, 0.25) is 0 Å². The highest BCUT2D eigenvalue weighted by atomic mass is 16.5. The van der Waals surface area contributed by atoms with E-state index in [1.165, 1.54) is 0 Å². The maximum Gasteiger partial charge on any atom is 0.189 e. The summed E-state index contributed by atoms with van der Waals surface area (Å²) in [6, 6.07) is 12.7. The second-order valence-corrected chi connectivity index (χ2v) is 4.95. The topological polar surface area (TPSA) is 46.5 Å². The van der Waals surface area contributed by atoms with Crippen LogP contribution in [0.5, 0.6) is 11.5 Å². The smallest absolute Gasteiger partial charge is 0.189 e. The Morgan fingerprint density at radius 2 is 2.00 bits per heavy atom. The third-order valence-electron chi connectivity index (χ3n) is 3.60. The maximum absolute atomic E-state index is 12.4. The number of hydrogen-bond donors (Lipinski definition) is 1. The summed E-state index contributed by atoms with van der Waals surface area (Å²) in [6.07, 6.45) is 2.31. The summed E-state index contributed by atoms with van der Waals surface area (Å²) < 4.78 is 5.58. The Morgan fingerprint density at radius 3 is 2.76 bits per heavy atom. The minimum Gasteiger partial charge on any atom is -0.508 e. The highest BCUT2D eigenvalue weighted by Gasteiger charge is 2.27. The van der Waals surface area contributed by atoms with Crippen LogP contribution < -0.4 is 4.74 Å². The number of fused-ring (bicyclic) bond motifs is 1. The third-order valence-corrected chi connectivity index (χ3v) is 3.60. The summed E-state index contributed by atoms with van der Waals surface area (Å²) in [5, 5.41) is 9.87. The van der Waals surface area contributed by atoms with E-state index in [-0.39, 0.29) is 11.5 Å². The van der Waals surface area contributed by atoms with Crippen molar-refractivity contribution in [3.63, 3.8) is 0 Å². The van der Waals surface area contributed by atoms with E-state index < -0.39 is 0 Å². The van der Waals surface area contributed by atoms with E-state index in [4.69, 9.17) is 4.74 Å². The molecule has 0 radical (unpaired) electrons. The molecule has 0 bridgehead atoms. The Hall–Kier alpha value is -2.55. The van der Waals surface area contributed by atoms with Crippen LogP contribution in [0.15, 0.2) is 48.0 Å². The number of ketones is 1. The number of phenols is 1. The zero-order chi connectivity index (χ0) is 14.8. The Balaban J connectivity index is 2.00. The van der Waals surface area contributed by atoms with Crippen molar-refractivity contribution < 1.29 is 14.6 Å². The minimum absolute atomic E-state index is 0.0211. The lowest BCUT2D eigenvalue weighted by Crippen LogP contribution is -1.97. The number of rotatable bonds is 3. The lowest BCUT2D eigenvalue weighted by molar-refractivity contribution is 0.104. The maximum atomic E-state index is 12.4. The lowest BCUT2D eigenvalue weighted by atomic mass is 10.1. The van der Waals surface area contributed by atoms with Crippen LogP contribution in [0.25, 0.3) is 6.08 Å². The molecule has 0 amide bonds. The van der Waals surface area contributed by atoms with Gasteiger partial charge < -0.3 is 9.84 Å². The number of para-hydroxylation sites is 1. The number of hydrogen-bond acceptors (Lipinski definition) is 3. The molecule has 21 heavy (non-hydrogen) atoms. The monoisotopic (exact) mass is 280 g/mol. The van der Waals surface area contributed by atoms with Crippen LogP contribution in [-0.2, 0) is 6.42 Å². The number of Topliss-reactive ketones (excluding diaryl/α,β-unsaturated/α-hetero) is 1. The molecular weight excluding hydrogens is 264 g/mol. The van der Waals surface area contributed by atoms with Gasteiger partial charge >= 0.3 is 0 Å². The first-order valence-electron chi connectivity index (χ1n) is 6.98. The van der Waals surface area contributed by atoms with Gasteiger partial charge in [-0.25, -0.2) is 0 Å². The average Bonchev–Trinajstić information content (AvgIpc) is 2.80. The summed E-state index contributed by atoms with van der Waals surface area (Å²) in [6.45, 7) is 2.51. The number of ether oxygens (including phenoxy) is 1. The van der Waals surface area contributed by atoms with E-state index in [0.29, 0.717) is 29.7 Å². The highest BCUT2D eigenvalue weighted by Crippen LogP contribution is 2.34. The van der Waals surface area contributed by atoms with Crippen molar-refractivity contribution in [2.45, 2.75) is 13.3 Å². The molecule has 1 N–H and O–H groups in total. The quantitative estimate of drug-likeness (QED) is 0.874. The van der Waals surface area contributed by atoms with Crippen LogP contribution in [0.3, 0.4) is 0 Å². The van der Waals surface area contributed by atoms with E-state index >= 15 is 0 Å². The first-order chi connectivity index (χ1) is 10.2. The Bertz CT molecular complexity index is 729. The minimum atomic E-state index is -0.0211. The van der Waals surface area contributed by atoms with Crippen molar-refractivity contribution in [1.29, 1.82) is 0 Å². The molecule has 2 aromatic rings. The van der Waals surface area contributed by atoms with E-state index in [1.807, 2.05) is 37.3 Å². The van der Waals surface area contributed by atoms with Crippen LogP contribution in [0.1, 0.15) is 28.4 Å². The van der Waals surface area contributed by atoms with Gasteiger partial charge in [-0.15, -0.1) is 0 Å². The molecule has 0 saturated heterocycles. The van der Waals surface area contributed by atoms with Crippen molar-refractivity contribution in [3.05, 3.63) is 64.7 Å². The summed E-state index contributed by atoms with van der Waals surface area (Å²) in [5.41, 5.74) is 2.87. The molecule has 0 heterocycles. The first kappa shape index (κ1) is 13.4. The fourth-order valence-electron chi connectivity index (χ4n) is 2.61. The molecule has 1 aliphatic carbocycles. The molecule has 0 atom stereocenters. The summed E-state index contributed by atoms with van der Waals surface area (Å²) >= 11 is 0. The van der Waals surface area contributed by atoms with Crippen molar-refractivity contribution in [2.75, 3.05) is 6.61 Å². The van der Waals surface area contributed by atoms with E-state index in [0.717, 1.165) is 11.3 Å². The zero-order valence-corrected chi connectivity index (χ0v) is 11.8. The van der Waals surface area contributed by atoms with Crippen molar-refractivity contribution >= 4 is 11.9 Å². The summed E-state index contributed by atoms with van der Waals surface area (Å²) in [4.78, 5) is 12.4. The van der Waals surface area contributed by atoms with Gasteiger partial charge in [0.05, 0.1) is 6.61 Å². The Labute approximate surface area is 123 Å². The zero-order valence-electron chi connectivity index (χ0n) is 11.8. The highest BCUT2D eigenvalue weighted by molar-refractivity contribution is 6.16. The van der Waals surface area contributed by atoms with Gasteiger partial charge in [0, 0.05) is 28.7 Å². The van der Waals surface area contributed by atoms with Gasteiger partial charge in [-0.3, -0.25) is 4.79 Å². The van der Waals surface area contributed by atoms with Crippen LogP contribution in [-0.4, -0.2) is 17.5 Å². The van der Waals surface area contributed by atoms with Gasteiger partial charge in [-0.05, 0) is 25.1 Å². The SMILES string of the molecule is CCOc1ccccc1C=C1Cc2c(O)cccc2C1=O. The third kappa shape index (κ3) is 2.42. The molecule has 0 aromatic heterocycles. The first-order valence-corrected chi connectivity index (χ1v) is 6.98. The molecule has 0 saturated carbocycles. The largest absolute Gasteiger partial charge is 0.508 e. The van der Waals surface area contributed by atoms with Crippen LogP contribution in [0, 0.1) is 0 Å². The van der Waals surface area contributed by atoms with Gasteiger partial charge in [-0.2, -0.15) is 0 Å². The van der Waals surface area contributed by atoms with Gasteiger partial charge in [0.25, 0.3) is 0 Å². The van der Waals surface area contributed by atoms with Crippen molar-refractivity contribution in [3.8, 4) is 11.5 Å². The van der Waals surface area contributed by atoms with Crippen molar-refractivity contribution in [2.24, 2.45) is 0 Å². The summed E-state index contributed by atoms with van der Waals surface area (Å²) in [5.74, 6) is 0.926. The van der Waals surface area contributed by atoms with E-state index in [2.05, 4.69) is 0 Å². The summed E-state index contributed by atoms with van der Waals surface area (Å²) in [7, 11) is 0. The predicted octanol–water partition coefficient (Wildman–Crippen LogP) is 3.61. The number of carbonyl (C=O) groups is 1. The van der Waals surface area contributed by atoms with Gasteiger partial charge in [0.2, 0.25) is 0 Å². The van der Waals surface area contributed by atoms with E-state index in [9.17, 15) is 9.90 Å². The normalized spacial score (nSPS) is 15.3. The van der Waals surface area contributed by atoms with Gasteiger partial charge in [-0.1, -0.05) is 30.3 Å². The molecule has 106 valence electrons. The molecule has 1 aliphatic rings. The molecule has 2 aromatic carbocycles. The number of aromatic hydroxyl groups is 1. The van der Waals surface area contributed by atoms with Crippen LogP contribution >= 0.6 is 0 Å². The van der Waals surface area contributed by atoms with E-state index in [1.54, 1.807) is 18.2 Å². The van der Waals surface area contributed by atoms with Gasteiger partial charge in [0.1, 0.15) is 11.5 Å². The average molecular weight is 280 g/mol. The second kappa shape index (κ2) is 5.44. The number of carbonyl (C=O) groups excluding carboxylic acids is 1. The van der Waals surface area contributed by atoms with Gasteiger partial charge in [0.15, 0.2) is 5.78 Å². The fourth-order valence-corrected chi connectivity index (χ4v) is 2.61. The Kier molecular flexibility index (Phi) is 3.48. The number of benzene rings is 2. The molecule has 0 aliphatic heterocycles. The molecule has 3 nitrogen and oxygen atoms in total. The molecular formula is C18H16O3. The number of allylic oxidation sites excluding steroid dienone is 1. The second-order valence-electron chi connectivity index (χ2n) is 4.95. The standard InChI is InChI=1S/C18H16O3/c1-2-21-17-9-4-3-6-12(17)10-13-11-15-14(18(13)20)7-5-8-16(15)19/h3-10,19H,2,11H2,1H3. The fraction of sp³-hybridized carbons (Fsp3) is 0.167. The number of phenolic OH excluding ortho intramolecular Hbond substituents is 1. The van der Waals surface area contributed by atoms with Crippen LogP contribution in [0.4, 0.5) is 0 Å². The molecule has 3 rings (SSSR count). The molecule has 0 unspecified atom stereocenters. The predicted molar refractivity (Wildman–Crippen MR) is 81.7 cm³/mol. The van der Waals surface area contributed by atoms with Crippen molar-refractivity contribution in [1.82, 2.24) is 0 Å². The molecule has 3 heteroatoms. The lowest BCUT2D eigenvalue weighted by Gasteiger charge is -2.07. The molecule has 0 spiro atoms.